The first-order valence-corrected chi connectivity index (χ1v) is 6.48. The molecular formula is C13H21N5. The van der Waals surface area contributed by atoms with Gasteiger partial charge in [-0.05, 0) is 13.0 Å². The van der Waals surface area contributed by atoms with Crippen molar-refractivity contribution in [3.63, 3.8) is 0 Å². The molecule has 0 amide bonds. The van der Waals surface area contributed by atoms with Gasteiger partial charge in [0.25, 0.3) is 0 Å². The number of hydrogen-bond acceptors (Lipinski definition) is 3. The van der Waals surface area contributed by atoms with Crippen molar-refractivity contribution in [2.24, 2.45) is 7.05 Å². The fourth-order valence-electron chi connectivity index (χ4n) is 2.10. The van der Waals surface area contributed by atoms with Crippen molar-refractivity contribution in [2.75, 3.05) is 6.54 Å². The molecule has 0 spiro atoms. The number of rotatable bonds is 6. The topological polar surface area (TPSA) is 47.7 Å². The van der Waals surface area contributed by atoms with E-state index >= 15 is 0 Å². The first-order valence-electron chi connectivity index (χ1n) is 6.48. The lowest BCUT2D eigenvalue weighted by molar-refractivity contribution is 0.597. The third kappa shape index (κ3) is 2.79. The fourth-order valence-corrected chi connectivity index (χ4v) is 2.10. The van der Waals surface area contributed by atoms with Crippen molar-refractivity contribution in [1.29, 1.82) is 0 Å². The maximum absolute atomic E-state index is 4.39. The van der Waals surface area contributed by atoms with E-state index in [0.29, 0.717) is 0 Å². The van der Waals surface area contributed by atoms with Gasteiger partial charge in [-0.15, -0.1) is 0 Å². The summed E-state index contributed by atoms with van der Waals surface area (Å²) in [6.07, 6.45) is 9.11. The van der Waals surface area contributed by atoms with E-state index in [1.807, 2.05) is 35.0 Å². The third-order valence-electron chi connectivity index (χ3n) is 2.91. The van der Waals surface area contributed by atoms with Crippen LogP contribution < -0.4 is 5.32 Å². The maximum atomic E-state index is 4.39. The molecule has 1 N–H and O–H groups in total. The van der Waals surface area contributed by atoms with Crippen molar-refractivity contribution in [1.82, 2.24) is 24.9 Å². The Hall–Kier alpha value is -1.62. The number of hydrogen-bond donors (Lipinski definition) is 1. The van der Waals surface area contributed by atoms with Crippen LogP contribution in [-0.2, 0) is 13.6 Å². The Bertz CT molecular complexity index is 485. The summed E-state index contributed by atoms with van der Waals surface area (Å²) in [7, 11) is 1.94. The zero-order chi connectivity index (χ0) is 13.0. The summed E-state index contributed by atoms with van der Waals surface area (Å²) < 4.78 is 3.83. The number of aryl methyl sites for hydroxylation is 2. The molecule has 1 atom stereocenters. The van der Waals surface area contributed by atoms with E-state index in [4.69, 9.17) is 0 Å². The maximum Gasteiger partial charge on any atom is 0.0638 e. The molecule has 1 unspecified atom stereocenters. The minimum atomic E-state index is 0.175. The van der Waals surface area contributed by atoms with E-state index in [0.717, 1.165) is 19.5 Å². The second-order valence-electron chi connectivity index (χ2n) is 4.47. The summed E-state index contributed by atoms with van der Waals surface area (Å²) in [6, 6.07) is 0.175. The highest BCUT2D eigenvalue weighted by atomic mass is 15.3. The van der Waals surface area contributed by atoms with E-state index in [2.05, 4.69) is 35.6 Å². The summed E-state index contributed by atoms with van der Waals surface area (Å²) in [5.41, 5.74) is 2.37. The fraction of sp³-hybridized carbons (Fsp3) is 0.538. The van der Waals surface area contributed by atoms with Gasteiger partial charge < -0.3 is 5.32 Å². The van der Waals surface area contributed by atoms with Crippen LogP contribution in [0, 0.1) is 0 Å². The Morgan fingerprint density at radius 3 is 2.50 bits per heavy atom. The van der Waals surface area contributed by atoms with Crippen molar-refractivity contribution in [2.45, 2.75) is 32.9 Å². The van der Waals surface area contributed by atoms with Crippen molar-refractivity contribution in [3.8, 4) is 0 Å². The molecule has 5 heteroatoms. The van der Waals surface area contributed by atoms with E-state index in [-0.39, 0.29) is 6.04 Å². The summed E-state index contributed by atoms with van der Waals surface area (Å²) in [5, 5.41) is 12.1. The van der Waals surface area contributed by atoms with Crippen LogP contribution in [0.2, 0.25) is 0 Å². The van der Waals surface area contributed by atoms with Crippen molar-refractivity contribution < 1.29 is 0 Å². The van der Waals surface area contributed by atoms with Crippen LogP contribution in [0.1, 0.15) is 37.4 Å². The van der Waals surface area contributed by atoms with Gasteiger partial charge >= 0.3 is 0 Å². The van der Waals surface area contributed by atoms with Crippen molar-refractivity contribution in [3.05, 3.63) is 35.9 Å². The van der Waals surface area contributed by atoms with Crippen LogP contribution in [0.3, 0.4) is 0 Å². The third-order valence-corrected chi connectivity index (χ3v) is 2.91. The molecule has 0 saturated heterocycles. The van der Waals surface area contributed by atoms with Gasteiger partial charge in [0.1, 0.15) is 0 Å². The van der Waals surface area contributed by atoms with Crippen LogP contribution in [-0.4, -0.2) is 26.1 Å². The van der Waals surface area contributed by atoms with E-state index in [9.17, 15) is 0 Å². The molecule has 98 valence electrons. The van der Waals surface area contributed by atoms with E-state index in [1.165, 1.54) is 11.1 Å². The highest BCUT2D eigenvalue weighted by Gasteiger charge is 2.16. The summed E-state index contributed by atoms with van der Waals surface area (Å²) >= 11 is 0. The van der Waals surface area contributed by atoms with Gasteiger partial charge in [-0.3, -0.25) is 9.36 Å². The molecule has 18 heavy (non-hydrogen) atoms. The summed E-state index contributed by atoms with van der Waals surface area (Å²) in [4.78, 5) is 0. The Labute approximate surface area is 108 Å². The summed E-state index contributed by atoms with van der Waals surface area (Å²) in [5.74, 6) is 0. The summed E-state index contributed by atoms with van der Waals surface area (Å²) in [6.45, 7) is 6.15. The average Bonchev–Trinajstić information content (AvgIpc) is 2.96. The Kier molecular flexibility index (Phi) is 4.15. The average molecular weight is 247 g/mol. The largest absolute Gasteiger partial charge is 0.306 e. The molecule has 0 aliphatic carbocycles. The SMILES string of the molecule is CCCn1cc(C(NCC)c2cnn(C)c2)cn1. The van der Waals surface area contributed by atoms with Gasteiger partial charge in [-0.1, -0.05) is 13.8 Å². The highest BCUT2D eigenvalue weighted by Crippen LogP contribution is 2.20. The minimum absolute atomic E-state index is 0.175. The standard InChI is InChI=1S/C13H21N5/c1-4-6-18-10-12(8-16-18)13(14-5-2)11-7-15-17(3)9-11/h7-10,13-14H,4-6H2,1-3H3. The smallest absolute Gasteiger partial charge is 0.0638 e. The first-order chi connectivity index (χ1) is 8.74. The monoisotopic (exact) mass is 247 g/mol. The first kappa shape index (κ1) is 12.8. The van der Waals surface area contributed by atoms with Crippen LogP contribution >= 0.6 is 0 Å². The quantitative estimate of drug-likeness (QED) is 0.845. The minimum Gasteiger partial charge on any atom is -0.306 e. The van der Waals surface area contributed by atoms with Gasteiger partial charge in [0.15, 0.2) is 0 Å². The van der Waals surface area contributed by atoms with Crippen LogP contribution in [0.4, 0.5) is 0 Å². The zero-order valence-corrected chi connectivity index (χ0v) is 11.3. The normalized spacial score (nSPS) is 12.8. The van der Waals surface area contributed by atoms with E-state index in [1.54, 1.807) is 0 Å². The molecule has 2 aromatic rings. The zero-order valence-electron chi connectivity index (χ0n) is 11.3. The van der Waals surface area contributed by atoms with Gasteiger partial charge in [-0.2, -0.15) is 10.2 Å². The second kappa shape index (κ2) is 5.82. The van der Waals surface area contributed by atoms with E-state index < -0.39 is 0 Å². The lowest BCUT2D eigenvalue weighted by Crippen LogP contribution is -2.21. The second-order valence-corrected chi connectivity index (χ2v) is 4.47. The lowest BCUT2D eigenvalue weighted by atomic mass is 10.1. The predicted octanol–water partition coefficient (Wildman–Crippen LogP) is 1.73. The van der Waals surface area contributed by atoms with Gasteiger partial charge in [0, 0.05) is 37.1 Å². The van der Waals surface area contributed by atoms with Gasteiger partial charge in [0.2, 0.25) is 0 Å². The van der Waals surface area contributed by atoms with Crippen LogP contribution in [0.15, 0.2) is 24.8 Å². The van der Waals surface area contributed by atoms with Gasteiger partial charge in [-0.25, -0.2) is 0 Å². The Morgan fingerprint density at radius 1 is 1.17 bits per heavy atom. The molecule has 0 aliphatic heterocycles. The molecule has 0 saturated carbocycles. The lowest BCUT2D eigenvalue weighted by Gasteiger charge is -2.14. The predicted molar refractivity (Wildman–Crippen MR) is 71.2 cm³/mol. The molecule has 2 heterocycles. The number of nitrogens with zero attached hydrogens (tertiary/aromatic N) is 4. The van der Waals surface area contributed by atoms with Gasteiger partial charge in [0.05, 0.1) is 18.4 Å². The molecule has 0 bridgehead atoms. The Balaban J connectivity index is 2.23. The van der Waals surface area contributed by atoms with Crippen LogP contribution in [0.25, 0.3) is 0 Å². The van der Waals surface area contributed by atoms with Crippen molar-refractivity contribution >= 4 is 0 Å². The number of nitrogens with one attached hydrogen (secondary N) is 1. The molecule has 0 fully saturated rings. The molecule has 2 aromatic heterocycles. The van der Waals surface area contributed by atoms with Crippen LogP contribution in [0.5, 0.6) is 0 Å². The molecule has 0 radical (unpaired) electrons. The molecule has 2 rings (SSSR count). The Morgan fingerprint density at radius 2 is 1.89 bits per heavy atom. The molecule has 0 aromatic carbocycles. The molecular weight excluding hydrogens is 226 g/mol. The molecule has 5 nitrogen and oxygen atoms in total. The number of aromatic nitrogens is 4. The molecule has 0 aliphatic rings. The highest BCUT2D eigenvalue weighted by molar-refractivity contribution is 5.25.